The Hall–Kier alpha value is -1.29. The first kappa shape index (κ1) is 20.8. The zero-order valence-corrected chi connectivity index (χ0v) is 15.1. The van der Waals surface area contributed by atoms with Gasteiger partial charge in [-0.1, -0.05) is 0 Å². The van der Waals surface area contributed by atoms with Crippen LogP contribution in [0.15, 0.2) is 18.2 Å². The molecule has 0 radical (unpaired) electrons. The van der Waals surface area contributed by atoms with Crippen molar-refractivity contribution in [3.8, 4) is 0 Å². The molecule has 0 saturated carbocycles. The van der Waals surface area contributed by atoms with Gasteiger partial charge < -0.3 is 9.29 Å². The third-order valence-electron chi connectivity index (χ3n) is 3.24. The zero-order chi connectivity index (χ0) is 18.7. The highest BCUT2D eigenvalue weighted by Crippen LogP contribution is 2.33. The van der Waals surface area contributed by atoms with E-state index in [1.807, 2.05) is 0 Å². The lowest BCUT2D eigenvalue weighted by Crippen LogP contribution is -2.40. The van der Waals surface area contributed by atoms with Crippen molar-refractivity contribution in [3.05, 3.63) is 39.4 Å². The number of hydrogen-bond acceptors (Lipinski definition) is 5. The van der Waals surface area contributed by atoms with E-state index in [4.69, 9.17) is 0 Å². The number of hydrogen-bond donors (Lipinski definition) is 1. The maximum absolute atomic E-state index is 14.1. The standard InChI is InChI=1S/C15H22F2N2O4S/c1-10(18-24(22)14(2,3)4)11-6-12(15(16,17)9-23-5)8-13(7-11)19(20)21/h6-8,10,18H,9H2,1-5H3/t10-,24-/m1/s1. The van der Waals surface area contributed by atoms with Crippen LogP contribution in [0.3, 0.4) is 0 Å². The minimum Gasteiger partial charge on any atom is -0.598 e. The second-order valence-corrected chi connectivity index (χ2v) is 8.43. The van der Waals surface area contributed by atoms with E-state index in [0.29, 0.717) is 0 Å². The van der Waals surface area contributed by atoms with Crippen molar-refractivity contribution in [3.63, 3.8) is 0 Å². The molecule has 0 unspecified atom stereocenters. The van der Waals surface area contributed by atoms with Gasteiger partial charge >= 0.3 is 0 Å². The third kappa shape index (κ3) is 5.37. The Kier molecular flexibility index (Phi) is 6.68. The van der Waals surface area contributed by atoms with Crippen molar-refractivity contribution in [2.75, 3.05) is 13.7 Å². The molecule has 1 rings (SSSR count). The van der Waals surface area contributed by atoms with Crippen LogP contribution in [0.1, 0.15) is 44.9 Å². The quantitative estimate of drug-likeness (QED) is 0.455. The lowest BCUT2D eigenvalue weighted by Gasteiger charge is -2.27. The Morgan fingerprint density at radius 3 is 2.38 bits per heavy atom. The van der Waals surface area contributed by atoms with E-state index in [1.54, 1.807) is 27.7 Å². The van der Waals surface area contributed by atoms with Crippen molar-refractivity contribution < 1.29 is 23.0 Å². The molecule has 1 N–H and O–H groups in total. The number of non-ortho nitro benzene ring substituents is 1. The Bertz CT molecular complexity index is 593. The molecule has 1 aromatic rings. The van der Waals surface area contributed by atoms with Gasteiger partial charge in [0.2, 0.25) is 0 Å². The maximum atomic E-state index is 14.1. The highest BCUT2D eigenvalue weighted by atomic mass is 32.2. The highest BCUT2D eigenvalue weighted by Gasteiger charge is 2.35. The molecule has 0 bridgehead atoms. The number of nitrogens with zero attached hydrogens (tertiary/aromatic N) is 1. The van der Waals surface area contributed by atoms with Gasteiger partial charge in [-0.05, 0) is 39.3 Å². The summed E-state index contributed by atoms with van der Waals surface area (Å²) in [5.74, 6) is -3.36. The summed E-state index contributed by atoms with van der Waals surface area (Å²) < 4.78 is 47.0. The molecule has 0 aliphatic rings. The Labute approximate surface area is 143 Å². The fraction of sp³-hybridized carbons (Fsp3) is 0.600. The number of benzene rings is 1. The SMILES string of the molecule is COCC(F)(F)c1cc([C@@H](C)N[S@+]([O-])C(C)(C)C)cc([N+](=O)[O-])c1. The van der Waals surface area contributed by atoms with Gasteiger partial charge in [-0.3, -0.25) is 10.1 Å². The van der Waals surface area contributed by atoms with Gasteiger partial charge in [0.25, 0.3) is 11.6 Å². The van der Waals surface area contributed by atoms with Crippen LogP contribution in [-0.2, 0) is 22.0 Å². The molecule has 24 heavy (non-hydrogen) atoms. The average molecular weight is 364 g/mol. The first-order valence-electron chi connectivity index (χ1n) is 7.23. The molecule has 136 valence electrons. The molecule has 1 aromatic carbocycles. The monoisotopic (exact) mass is 364 g/mol. The minimum absolute atomic E-state index is 0.257. The van der Waals surface area contributed by atoms with Gasteiger partial charge in [0.1, 0.15) is 11.4 Å². The number of nitrogens with one attached hydrogen (secondary N) is 1. The number of nitro benzene ring substituents is 1. The van der Waals surface area contributed by atoms with E-state index in [1.165, 1.54) is 12.1 Å². The van der Waals surface area contributed by atoms with Crippen LogP contribution in [-0.4, -0.2) is 27.9 Å². The molecule has 0 aliphatic heterocycles. The fourth-order valence-corrected chi connectivity index (χ4v) is 2.68. The minimum atomic E-state index is -3.36. The molecule has 2 atom stereocenters. The molecular weight excluding hydrogens is 342 g/mol. The van der Waals surface area contributed by atoms with E-state index < -0.39 is 50.9 Å². The number of ether oxygens (including phenoxy) is 1. The van der Waals surface area contributed by atoms with Crippen LogP contribution < -0.4 is 4.72 Å². The summed E-state index contributed by atoms with van der Waals surface area (Å²) in [6.07, 6.45) is 0. The smallest absolute Gasteiger partial charge is 0.296 e. The topological polar surface area (TPSA) is 87.5 Å². The molecular formula is C15H22F2N2O4S. The van der Waals surface area contributed by atoms with Crippen molar-refractivity contribution >= 4 is 17.0 Å². The molecule has 0 amide bonds. The third-order valence-corrected chi connectivity index (χ3v) is 4.92. The van der Waals surface area contributed by atoms with Gasteiger partial charge in [-0.2, -0.15) is 8.78 Å². The maximum Gasteiger partial charge on any atom is 0.296 e. The van der Waals surface area contributed by atoms with Crippen molar-refractivity contribution in [2.24, 2.45) is 0 Å². The van der Waals surface area contributed by atoms with Crippen LogP contribution >= 0.6 is 0 Å². The predicted molar refractivity (Wildman–Crippen MR) is 88.3 cm³/mol. The summed E-state index contributed by atoms with van der Waals surface area (Å²) in [5.41, 5.74) is -0.704. The lowest BCUT2D eigenvalue weighted by atomic mass is 10.0. The summed E-state index contributed by atoms with van der Waals surface area (Å²) in [4.78, 5) is 10.3. The van der Waals surface area contributed by atoms with Gasteiger partial charge in [0, 0.05) is 36.2 Å². The van der Waals surface area contributed by atoms with Gasteiger partial charge in [0.15, 0.2) is 0 Å². The zero-order valence-electron chi connectivity index (χ0n) is 14.3. The Morgan fingerprint density at radius 1 is 1.33 bits per heavy atom. The average Bonchev–Trinajstić information content (AvgIpc) is 2.45. The molecule has 0 heterocycles. The molecule has 0 aromatic heterocycles. The predicted octanol–water partition coefficient (Wildman–Crippen LogP) is 3.45. The lowest BCUT2D eigenvalue weighted by molar-refractivity contribution is -0.385. The van der Waals surface area contributed by atoms with Crippen LogP contribution in [0.25, 0.3) is 0 Å². The van der Waals surface area contributed by atoms with Gasteiger partial charge in [-0.25, -0.2) is 0 Å². The first-order valence-corrected chi connectivity index (χ1v) is 8.38. The Morgan fingerprint density at radius 2 is 1.92 bits per heavy atom. The van der Waals surface area contributed by atoms with Gasteiger partial charge in [-0.15, -0.1) is 4.72 Å². The molecule has 0 saturated heterocycles. The fourth-order valence-electron chi connectivity index (χ4n) is 1.87. The molecule has 0 fully saturated rings. The normalized spacial score (nSPS) is 15.2. The van der Waals surface area contributed by atoms with Gasteiger partial charge in [0.05, 0.1) is 11.0 Å². The number of halogens is 2. The number of alkyl halides is 2. The van der Waals surface area contributed by atoms with E-state index in [9.17, 15) is 23.4 Å². The van der Waals surface area contributed by atoms with E-state index in [0.717, 1.165) is 13.2 Å². The number of nitro groups is 1. The van der Waals surface area contributed by atoms with Crippen molar-refractivity contribution in [1.29, 1.82) is 0 Å². The highest BCUT2D eigenvalue weighted by molar-refractivity contribution is 7.90. The largest absolute Gasteiger partial charge is 0.598 e. The second kappa shape index (κ2) is 7.73. The van der Waals surface area contributed by atoms with Crippen LogP contribution in [0.4, 0.5) is 14.5 Å². The molecule has 0 aliphatic carbocycles. The summed E-state index contributed by atoms with van der Waals surface area (Å²) >= 11 is -1.45. The second-order valence-electron chi connectivity index (χ2n) is 6.43. The van der Waals surface area contributed by atoms with Crippen LogP contribution in [0.5, 0.6) is 0 Å². The molecule has 6 nitrogen and oxygen atoms in total. The molecule has 9 heteroatoms. The summed E-state index contributed by atoms with van der Waals surface area (Å²) in [5, 5.41) is 11.0. The number of methoxy groups -OCH3 is 1. The summed E-state index contributed by atoms with van der Waals surface area (Å²) in [6, 6.07) is 2.59. The van der Waals surface area contributed by atoms with Crippen LogP contribution in [0.2, 0.25) is 0 Å². The Balaban J connectivity index is 3.23. The van der Waals surface area contributed by atoms with E-state index >= 15 is 0 Å². The van der Waals surface area contributed by atoms with Crippen molar-refractivity contribution in [2.45, 2.75) is 44.4 Å². The number of rotatable bonds is 7. The molecule has 0 spiro atoms. The summed E-state index contributed by atoms with van der Waals surface area (Å²) in [6.45, 7) is 6.00. The summed E-state index contributed by atoms with van der Waals surface area (Å²) in [7, 11) is 1.13. The van der Waals surface area contributed by atoms with Crippen molar-refractivity contribution in [1.82, 2.24) is 4.72 Å². The first-order chi connectivity index (χ1) is 10.9. The van der Waals surface area contributed by atoms with E-state index in [2.05, 4.69) is 9.46 Å². The van der Waals surface area contributed by atoms with E-state index in [-0.39, 0.29) is 5.56 Å². The van der Waals surface area contributed by atoms with Crippen LogP contribution in [0, 0.1) is 10.1 Å².